The molecule has 2 nitrogen and oxygen atoms in total. The first kappa shape index (κ1) is 12.9. The molecule has 0 amide bonds. The van der Waals surface area contributed by atoms with Gasteiger partial charge in [0.05, 0.1) is 13.6 Å². The minimum Gasteiger partial charge on any atom is -0.313 e. The van der Waals surface area contributed by atoms with Crippen LogP contribution in [0.4, 0.5) is 11.4 Å². The molecule has 1 aliphatic heterocycles. The second kappa shape index (κ2) is 5.14. The van der Waals surface area contributed by atoms with Gasteiger partial charge in [-0.25, -0.2) is 0 Å². The minimum atomic E-state index is 0.278. The summed E-state index contributed by atoms with van der Waals surface area (Å²) in [5.74, 6) is 0. The summed E-state index contributed by atoms with van der Waals surface area (Å²) >= 11 is 0. The van der Waals surface area contributed by atoms with Gasteiger partial charge >= 0.3 is 0 Å². The van der Waals surface area contributed by atoms with E-state index in [1.165, 1.54) is 11.4 Å². The maximum Gasteiger partial charge on any atom is 0.188 e. The number of para-hydroxylation sites is 2. The van der Waals surface area contributed by atoms with Crippen LogP contribution in [-0.4, -0.2) is 26.3 Å². The molecule has 1 aliphatic rings. The Kier molecular flexibility index (Phi) is 3.33. The van der Waals surface area contributed by atoms with Crippen LogP contribution in [0.25, 0.3) is 0 Å². The van der Waals surface area contributed by atoms with Crippen LogP contribution in [0.5, 0.6) is 0 Å². The third-order valence-electron chi connectivity index (χ3n) is 4.35. The Morgan fingerprint density at radius 2 is 1.65 bits per heavy atom. The van der Waals surface area contributed by atoms with Gasteiger partial charge in [-0.15, -0.1) is 0 Å². The van der Waals surface area contributed by atoms with Crippen LogP contribution in [0.15, 0.2) is 73.3 Å². The first-order valence-electron chi connectivity index (χ1n) is 7.11. The van der Waals surface area contributed by atoms with Crippen LogP contribution >= 0.6 is 0 Å². The van der Waals surface area contributed by atoms with Crippen LogP contribution in [0.3, 0.4) is 0 Å². The summed E-state index contributed by atoms with van der Waals surface area (Å²) in [6.07, 6.45) is 2.35. The van der Waals surface area contributed by atoms with E-state index in [-0.39, 0.29) is 6.17 Å². The minimum absolute atomic E-state index is 0.278. The molecule has 0 bridgehead atoms. The number of anilines is 1. The Morgan fingerprint density at radius 3 is 2.25 bits per heavy atom. The average molecular weight is 265 g/mol. The van der Waals surface area contributed by atoms with Gasteiger partial charge < -0.3 is 4.90 Å². The van der Waals surface area contributed by atoms with Crippen molar-refractivity contribution >= 4 is 11.4 Å². The van der Waals surface area contributed by atoms with E-state index in [2.05, 4.69) is 85.3 Å². The fourth-order valence-electron chi connectivity index (χ4n) is 3.20. The van der Waals surface area contributed by atoms with Crippen molar-refractivity contribution in [2.75, 3.05) is 25.0 Å². The molecule has 1 fully saturated rings. The van der Waals surface area contributed by atoms with Crippen LogP contribution in [-0.2, 0) is 0 Å². The molecule has 20 heavy (non-hydrogen) atoms. The van der Waals surface area contributed by atoms with E-state index >= 15 is 0 Å². The number of quaternary nitrogens is 1. The smallest absolute Gasteiger partial charge is 0.188 e. The summed E-state index contributed by atoms with van der Waals surface area (Å²) < 4.78 is 0.888. The Labute approximate surface area is 121 Å². The fraction of sp³-hybridized carbons (Fsp3) is 0.222. The van der Waals surface area contributed by atoms with E-state index in [4.69, 9.17) is 0 Å². The molecule has 3 rings (SSSR count). The van der Waals surface area contributed by atoms with Gasteiger partial charge in [0.15, 0.2) is 6.17 Å². The number of hydrogen-bond acceptors (Lipinski definition) is 1. The molecular formula is C18H21N2+. The van der Waals surface area contributed by atoms with Crippen molar-refractivity contribution in [1.82, 2.24) is 4.48 Å². The Balaban J connectivity index is 1.98. The summed E-state index contributed by atoms with van der Waals surface area (Å²) in [7, 11) is 2.30. The Morgan fingerprint density at radius 1 is 1.05 bits per heavy atom. The zero-order chi connectivity index (χ0) is 14.0. The standard InChI is InChI=1S/C18H21N2/c1-3-18-19(16-10-6-4-7-11-16)14-15-20(18,2)17-12-8-5-9-13-17/h3-13,18H,1,14-15H2,2H3/q+1. The van der Waals surface area contributed by atoms with E-state index in [9.17, 15) is 0 Å². The lowest BCUT2D eigenvalue weighted by atomic mass is 10.2. The van der Waals surface area contributed by atoms with E-state index in [1.807, 2.05) is 0 Å². The third kappa shape index (κ3) is 2.02. The fourth-order valence-corrected chi connectivity index (χ4v) is 3.20. The first-order chi connectivity index (χ1) is 9.75. The molecule has 1 saturated heterocycles. The maximum absolute atomic E-state index is 4.08. The summed E-state index contributed by atoms with van der Waals surface area (Å²) in [6.45, 7) is 6.22. The highest BCUT2D eigenvalue weighted by Gasteiger charge is 2.43. The van der Waals surface area contributed by atoms with Crippen molar-refractivity contribution in [3.8, 4) is 0 Å². The molecule has 0 radical (unpaired) electrons. The monoisotopic (exact) mass is 265 g/mol. The molecule has 2 aromatic carbocycles. The van der Waals surface area contributed by atoms with Gasteiger partial charge in [-0.05, 0) is 30.3 Å². The van der Waals surface area contributed by atoms with Crippen LogP contribution in [0.1, 0.15) is 0 Å². The number of rotatable bonds is 3. The van der Waals surface area contributed by atoms with E-state index in [0.717, 1.165) is 17.6 Å². The zero-order valence-electron chi connectivity index (χ0n) is 11.9. The second-order valence-corrected chi connectivity index (χ2v) is 5.51. The molecule has 2 unspecified atom stereocenters. The topological polar surface area (TPSA) is 3.24 Å². The largest absolute Gasteiger partial charge is 0.313 e. The average Bonchev–Trinajstić information content (AvgIpc) is 2.87. The SMILES string of the molecule is C=CC1N(c2ccccc2)CC[N+]1(C)c1ccccc1. The molecule has 2 atom stereocenters. The Bertz CT molecular complexity index is 579. The van der Waals surface area contributed by atoms with Crippen molar-refractivity contribution in [1.29, 1.82) is 0 Å². The highest BCUT2D eigenvalue weighted by molar-refractivity contribution is 5.55. The molecule has 0 N–H and O–H groups in total. The summed E-state index contributed by atoms with van der Waals surface area (Å²) in [5.41, 5.74) is 2.62. The molecule has 2 heteroatoms. The zero-order valence-corrected chi connectivity index (χ0v) is 11.9. The van der Waals surface area contributed by atoms with Gasteiger partial charge in [0.1, 0.15) is 12.2 Å². The van der Waals surface area contributed by atoms with Gasteiger partial charge in [0.25, 0.3) is 0 Å². The number of nitrogens with zero attached hydrogens (tertiary/aromatic N) is 2. The Hall–Kier alpha value is -2.06. The quantitative estimate of drug-likeness (QED) is 0.605. The molecule has 1 heterocycles. The van der Waals surface area contributed by atoms with Gasteiger partial charge in [0.2, 0.25) is 0 Å². The maximum atomic E-state index is 4.08. The van der Waals surface area contributed by atoms with Crippen molar-refractivity contribution in [2.24, 2.45) is 0 Å². The first-order valence-corrected chi connectivity index (χ1v) is 7.11. The van der Waals surface area contributed by atoms with E-state index in [1.54, 1.807) is 0 Å². The summed E-state index contributed by atoms with van der Waals surface area (Å²) in [5, 5.41) is 0. The van der Waals surface area contributed by atoms with Crippen LogP contribution < -0.4 is 9.38 Å². The predicted molar refractivity (Wildman–Crippen MR) is 86.8 cm³/mol. The van der Waals surface area contributed by atoms with Crippen LogP contribution in [0, 0.1) is 0 Å². The van der Waals surface area contributed by atoms with E-state index in [0.29, 0.717) is 0 Å². The lowest BCUT2D eigenvalue weighted by molar-refractivity contribution is 0.351. The molecular weight excluding hydrogens is 244 g/mol. The van der Waals surface area contributed by atoms with Gasteiger partial charge in [-0.1, -0.05) is 43.0 Å². The van der Waals surface area contributed by atoms with E-state index < -0.39 is 0 Å². The number of hydrogen-bond donors (Lipinski definition) is 0. The third-order valence-corrected chi connectivity index (χ3v) is 4.35. The predicted octanol–water partition coefficient (Wildman–Crippen LogP) is 3.66. The second-order valence-electron chi connectivity index (χ2n) is 5.51. The highest BCUT2D eigenvalue weighted by Crippen LogP contribution is 2.33. The van der Waals surface area contributed by atoms with Crippen molar-refractivity contribution in [2.45, 2.75) is 6.17 Å². The van der Waals surface area contributed by atoms with Crippen molar-refractivity contribution < 1.29 is 0 Å². The van der Waals surface area contributed by atoms with Crippen molar-refractivity contribution in [3.05, 3.63) is 73.3 Å². The molecule has 2 aromatic rings. The van der Waals surface area contributed by atoms with Crippen LogP contribution in [0.2, 0.25) is 0 Å². The molecule has 102 valence electrons. The highest BCUT2D eigenvalue weighted by atomic mass is 15.5. The molecule has 0 saturated carbocycles. The van der Waals surface area contributed by atoms with Crippen molar-refractivity contribution in [3.63, 3.8) is 0 Å². The molecule has 0 aromatic heterocycles. The van der Waals surface area contributed by atoms with Gasteiger partial charge in [-0.3, -0.25) is 4.48 Å². The molecule has 0 spiro atoms. The van der Waals surface area contributed by atoms with Gasteiger partial charge in [0, 0.05) is 5.69 Å². The lowest BCUT2D eigenvalue weighted by Gasteiger charge is -2.36. The number of likely N-dealkylation sites (N-methyl/N-ethyl adjacent to an activating group) is 1. The normalized spacial score (nSPS) is 25.6. The molecule has 0 aliphatic carbocycles. The summed E-state index contributed by atoms with van der Waals surface area (Å²) in [6, 6.07) is 21.3. The lowest BCUT2D eigenvalue weighted by Crippen LogP contribution is -2.52. The van der Waals surface area contributed by atoms with Gasteiger partial charge in [-0.2, -0.15) is 0 Å². The summed E-state index contributed by atoms with van der Waals surface area (Å²) in [4.78, 5) is 2.44. The number of benzene rings is 2.